The van der Waals surface area contributed by atoms with Crippen molar-refractivity contribution < 1.29 is 5.21 Å². The number of oxime groups is 1. The lowest BCUT2D eigenvalue weighted by molar-refractivity contribution is 0.317. The van der Waals surface area contributed by atoms with Crippen LogP contribution in [0.15, 0.2) is 47.9 Å². The van der Waals surface area contributed by atoms with Gasteiger partial charge in [0.15, 0.2) is 0 Å². The molecule has 6 nitrogen and oxygen atoms in total. The summed E-state index contributed by atoms with van der Waals surface area (Å²) in [5.74, 6) is 0.769. The molecule has 3 N–H and O–H groups in total. The van der Waals surface area contributed by atoms with Gasteiger partial charge in [0.05, 0.1) is 0 Å². The fourth-order valence-electron chi connectivity index (χ4n) is 1.75. The largest absolute Gasteiger partial charge is 0.409 e. The minimum atomic E-state index is 0.179. The van der Waals surface area contributed by atoms with E-state index in [0.717, 1.165) is 11.3 Å². The maximum absolute atomic E-state index is 8.64. The third-order valence-electron chi connectivity index (χ3n) is 2.80. The van der Waals surface area contributed by atoms with Crippen molar-refractivity contribution >= 4 is 17.5 Å². The molecule has 20 heavy (non-hydrogen) atoms. The second-order valence-corrected chi connectivity index (χ2v) is 4.39. The zero-order chi connectivity index (χ0) is 14.4. The molecule has 104 valence electrons. The first-order chi connectivity index (χ1) is 9.70. The summed E-state index contributed by atoms with van der Waals surface area (Å²) in [7, 11) is 0. The number of hydrogen-bond acceptors (Lipinski definition) is 5. The van der Waals surface area contributed by atoms with Crippen molar-refractivity contribution in [3.63, 3.8) is 0 Å². The van der Waals surface area contributed by atoms with E-state index in [-0.39, 0.29) is 5.84 Å². The predicted molar refractivity (Wildman–Crippen MR) is 78.2 cm³/mol. The number of aryl methyl sites for hydroxylation is 1. The van der Waals surface area contributed by atoms with Crippen molar-refractivity contribution in [2.75, 3.05) is 11.4 Å². The predicted octanol–water partition coefficient (Wildman–Crippen LogP) is 2.06. The molecule has 0 saturated carbocycles. The lowest BCUT2D eigenvalue weighted by atomic mass is 10.2. The van der Waals surface area contributed by atoms with E-state index in [1.807, 2.05) is 42.2 Å². The van der Waals surface area contributed by atoms with Crippen LogP contribution in [0.3, 0.4) is 0 Å². The highest BCUT2D eigenvalue weighted by atomic mass is 16.4. The number of nitrogens with two attached hydrogens (primary N) is 1. The first-order valence-electron chi connectivity index (χ1n) is 6.28. The smallest absolute Gasteiger partial charge is 0.229 e. The van der Waals surface area contributed by atoms with E-state index in [4.69, 9.17) is 10.9 Å². The van der Waals surface area contributed by atoms with Gasteiger partial charge in [-0.05, 0) is 24.6 Å². The number of benzene rings is 1. The lowest BCUT2D eigenvalue weighted by Crippen LogP contribution is -2.25. The summed E-state index contributed by atoms with van der Waals surface area (Å²) < 4.78 is 0. The van der Waals surface area contributed by atoms with Gasteiger partial charge in [0.2, 0.25) is 5.95 Å². The normalized spacial score (nSPS) is 11.3. The lowest BCUT2D eigenvalue weighted by Gasteiger charge is -2.22. The summed E-state index contributed by atoms with van der Waals surface area (Å²) >= 11 is 0. The van der Waals surface area contributed by atoms with E-state index in [0.29, 0.717) is 18.9 Å². The first-order valence-corrected chi connectivity index (χ1v) is 6.28. The number of rotatable bonds is 5. The standard InChI is InChI=1S/C14H17N5O/c1-11-9-16-14(17-10-11)19(8-7-13(15)18-20)12-5-3-2-4-6-12/h2-6,9-10,20H,7-8H2,1H3,(H2,15,18). The summed E-state index contributed by atoms with van der Waals surface area (Å²) in [5.41, 5.74) is 7.49. The first kappa shape index (κ1) is 13.8. The average molecular weight is 271 g/mol. The van der Waals surface area contributed by atoms with Gasteiger partial charge in [0, 0.05) is 31.0 Å². The van der Waals surface area contributed by atoms with Crippen LogP contribution in [-0.2, 0) is 0 Å². The summed E-state index contributed by atoms with van der Waals surface area (Å²) in [6, 6.07) is 9.77. The molecule has 1 heterocycles. The van der Waals surface area contributed by atoms with E-state index in [1.165, 1.54) is 0 Å². The van der Waals surface area contributed by atoms with Crippen LogP contribution in [0, 0.1) is 6.92 Å². The van der Waals surface area contributed by atoms with E-state index in [1.54, 1.807) is 12.4 Å². The fraction of sp³-hybridized carbons (Fsp3) is 0.214. The van der Waals surface area contributed by atoms with Crippen LogP contribution < -0.4 is 10.6 Å². The number of hydrogen-bond donors (Lipinski definition) is 2. The summed E-state index contributed by atoms with van der Waals surface area (Å²) in [4.78, 5) is 10.6. The van der Waals surface area contributed by atoms with Crippen LogP contribution in [0.5, 0.6) is 0 Å². The van der Waals surface area contributed by atoms with Gasteiger partial charge >= 0.3 is 0 Å². The van der Waals surface area contributed by atoms with Crippen LogP contribution >= 0.6 is 0 Å². The van der Waals surface area contributed by atoms with Gasteiger partial charge in [0.1, 0.15) is 5.84 Å². The molecule has 2 rings (SSSR count). The number of nitrogens with zero attached hydrogens (tertiary/aromatic N) is 4. The quantitative estimate of drug-likeness (QED) is 0.376. The zero-order valence-corrected chi connectivity index (χ0v) is 11.3. The van der Waals surface area contributed by atoms with Crippen molar-refractivity contribution in [3.8, 4) is 0 Å². The molecular weight excluding hydrogens is 254 g/mol. The molecule has 0 bridgehead atoms. The van der Waals surface area contributed by atoms with Gasteiger partial charge < -0.3 is 15.8 Å². The maximum Gasteiger partial charge on any atom is 0.229 e. The van der Waals surface area contributed by atoms with Crippen LogP contribution in [0.4, 0.5) is 11.6 Å². The van der Waals surface area contributed by atoms with E-state index in [9.17, 15) is 0 Å². The number of amidine groups is 1. The molecule has 0 aliphatic heterocycles. The van der Waals surface area contributed by atoms with Crippen molar-refractivity contribution in [1.82, 2.24) is 9.97 Å². The Morgan fingerprint density at radius 1 is 1.25 bits per heavy atom. The van der Waals surface area contributed by atoms with Gasteiger partial charge in [-0.25, -0.2) is 9.97 Å². The summed E-state index contributed by atoms with van der Waals surface area (Å²) in [6.07, 6.45) is 3.95. The molecule has 1 aromatic carbocycles. The van der Waals surface area contributed by atoms with Crippen molar-refractivity contribution in [2.45, 2.75) is 13.3 Å². The molecule has 0 aliphatic rings. The number of para-hydroxylation sites is 1. The molecule has 2 aromatic rings. The minimum absolute atomic E-state index is 0.179. The van der Waals surface area contributed by atoms with E-state index in [2.05, 4.69) is 15.1 Å². The Hall–Kier alpha value is -2.63. The van der Waals surface area contributed by atoms with Crippen LogP contribution in [0.2, 0.25) is 0 Å². The Morgan fingerprint density at radius 3 is 2.50 bits per heavy atom. The van der Waals surface area contributed by atoms with Crippen LogP contribution in [-0.4, -0.2) is 27.6 Å². The van der Waals surface area contributed by atoms with Gasteiger partial charge in [-0.3, -0.25) is 0 Å². The molecule has 0 saturated heterocycles. The SMILES string of the molecule is Cc1cnc(N(CCC(N)=NO)c2ccccc2)nc1. The molecule has 0 fully saturated rings. The number of anilines is 2. The Bertz CT molecular complexity index is 568. The summed E-state index contributed by atoms with van der Waals surface area (Å²) in [5, 5.41) is 11.6. The molecule has 0 amide bonds. The molecule has 6 heteroatoms. The average Bonchev–Trinajstić information content (AvgIpc) is 2.50. The molecule has 0 radical (unpaired) electrons. The van der Waals surface area contributed by atoms with Crippen LogP contribution in [0.1, 0.15) is 12.0 Å². The number of aromatic nitrogens is 2. The highest BCUT2D eigenvalue weighted by Gasteiger charge is 2.12. The fourth-order valence-corrected chi connectivity index (χ4v) is 1.75. The Morgan fingerprint density at radius 2 is 1.90 bits per heavy atom. The third-order valence-corrected chi connectivity index (χ3v) is 2.80. The van der Waals surface area contributed by atoms with E-state index < -0.39 is 0 Å². The van der Waals surface area contributed by atoms with Gasteiger partial charge in [0.25, 0.3) is 0 Å². The third kappa shape index (κ3) is 3.44. The molecule has 0 spiro atoms. The second-order valence-electron chi connectivity index (χ2n) is 4.39. The van der Waals surface area contributed by atoms with Crippen molar-refractivity contribution in [3.05, 3.63) is 48.3 Å². The molecule has 0 aliphatic carbocycles. The second kappa shape index (κ2) is 6.51. The van der Waals surface area contributed by atoms with Crippen molar-refractivity contribution in [2.24, 2.45) is 10.9 Å². The van der Waals surface area contributed by atoms with Crippen molar-refractivity contribution in [1.29, 1.82) is 0 Å². The van der Waals surface area contributed by atoms with Crippen LogP contribution in [0.25, 0.3) is 0 Å². The minimum Gasteiger partial charge on any atom is -0.409 e. The molecular formula is C14H17N5O. The topological polar surface area (TPSA) is 87.6 Å². The van der Waals surface area contributed by atoms with Gasteiger partial charge in [-0.1, -0.05) is 23.4 Å². The molecule has 0 unspecified atom stereocenters. The highest BCUT2D eigenvalue weighted by molar-refractivity contribution is 5.80. The molecule has 1 aromatic heterocycles. The Balaban J connectivity index is 2.26. The Labute approximate surface area is 117 Å². The Kier molecular flexibility index (Phi) is 4.49. The van der Waals surface area contributed by atoms with Gasteiger partial charge in [-0.15, -0.1) is 0 Å². The van der Waals surface area contributed by atoms with Gasteiger partial charge in [-0.2, -0.15) is 0 Å². The monoisotopic (exact) mass is 271 g/mol. The van der Waals surface area contributed by atoms with E-state index >= 15 is 0 Å². The molecule has 0 atom stereocenters. The summed E-state index contributed by atoms with van der Waals surface area (Å²) in [6.45, 7) is 2.47. The zero-order valence-electron chi connectivity index (χ0n) is 11.3. The highest BCUT2D eigenvalue weighted by Crippen LogP contribution is 2.21. The maximum atomic E-state index is 8.64.